The van der Waals surface area contributed by atoms with Gasteiger partial charge in [-0.1, -0.05) is 12.1 Å². The number of halogens is 2. The first-order valence-corrected chi connectivity index (χ1v) is 7.34. The van der Waals surface area contributed by atoms with Crippen LogP contribution in [0.25, 0.3) is 0 Å². The van der Waals surface area contributed by atoms with Crippen molar-refractivity contribution in [3.63, 3.8) is 0 Å². The molecule has 20 heavy (non-hydrogen) atoms. The second kappa shape index (κ2) is 5.88. The van der Waals surface area contributed by atoms with Gasteiger partial charge in [-0.3, -0.25) is 4.55 Å². The number of nitrogens with zero attached hydrogens (tertiary/aromatic N) is 3. The van der Waals surface area contributed by atoms with Gasteiger partial charge in [0.2, 0.25) is 16.5 Å². The monoisotopic (exact) mass is 333 g/mol. The SMILES string of the molecule is O=S(=O)(O)[CH]c1ccc(Nc2nc(Cl)nc(Cl)n2)cc1. The Kier molecular flexibility index (Phi) is 4.39. The predicted molar refractivity (Wildman–Crippen MR) is 74.5 cm³/mol. The van der Waals surface area contributed by atoms with Gasteiger partial charge in [-0.15, -0.1) is 0 Å². The molecule has 1 heterocycles. The number of hydrogen-bond donors (Lipinski definition) is 2. The normalized spacial score (nSPS) is 11.3. The van der Waals surface area contributed by atoms with Gasteiger partial charge in [0, 0.05) is 5.69 Å². The van der Waals surface area contributed by atoms with Gasteiger partial charge >= 0.3 is 0 Å². The summed E-state index contributed by atoms with van der Waals surface area (Å²) in [6.45, 7) is 0. The molecule has 0 saturated heterocycles. The molecule has 2 aromatic rings. The summed E-state index contributed by atoms with van der Waals surface area (Å²) in [7, 11) is -4.17. The zero-order valence-electron chi connectivity index (χ0n) is 9.66. The Labute approximate surface area is 124 Å². The van der Waals surface area contributed by atoms with Gasteiger partial charge in [-0.05, 0) is 40.9 Å². The molecule has 0 atom stereocenters. The number of nitrogens with one attached hydrogen (secondary N) is 1. The van der Waals surface area contributed by atoms with Crippen LogP contribution in [0.5, 0.6) is 0 Å². The summed E-state index contributed by atoms with van der Waals surface area (Å²) in [6, 6.07) is 6.12. The molecule has 0 aliphatic rings. The lowest BCUT2D eigenvalue weighted by molar-refractivity contribution is 0.491. The maximum absolute atomic E-state index is 10.7. The van der Waals surface area contributed by atoms with Crippen LogP contribution in [0.15, 0.2) is 24.3 Å². The standard InChI is InChI=1S/C10H7Cl2N4O3S/c11-8-14-9(12)16-10(15-8)13-7-3-1-6(2-4-7)5-20(17,18)19/h1-5H,(H,17,18,19)(H,13,14,15,16). The van der Waals surface area contributed by atoms with E-state index in [4.69, 9.17) is 27.8 Å². The van der Waals surface area contributed by atoms with E-state index in [0.717, 1.165) is 5.75 Å². The summed E-state index contributed by atoms with van der Waals surface area (Å²) in [5, 5.41) is 2.71. The highest BCUT2D eigenvalue weighted by Crippen LogP contribution is 2.17. The van der Waals surface area contributed by atoms with Crippen LogP contribution >= 0.6 is 23.2 Å². The highest BCUT2D eigenvalue weighted by molar-refractivity contribution is 7.88. The Balaban J connectivity index is 2.14. The first kappa shape index (κ1) is 14.9. The minimum Gasteiger partial charge on any atom is -0.324 e. The van der Waals surface area contributed by atoms with Gasteiger partial charge in [-0.2, -0.15) is 23.4 Å². The van der Waals surface area contributed by atoms with Gasteiger partial charge in [0.15, 0.2) is 0 Å². The van der Waals surface area contributed by atoms with Crippen molar-refractivity contribution in [1.82, 2.24) is 15.0 Å². The van der Waals surface area contributed by atoms with Crippen molar-refractivity contribution in [1.29, 1.82) is 0 Å². The highest BCUT2D eigenvalue weighted by Gasteiger charge is 2.08. The average molecular weight is 334 g/mol. The topological polar surface area (TPSA) is 105 Å². The molecule has 0 bridgehead atoms. The quantitative estimate of drug-likeness (QED) is 0.827. The van der Waals surface area contributed by atoms with Crippen LogP contribution < -0.4 is 5.32 Å². The molecule has 1 aromatic heterocycles. The van der Waals surface area contributed by atoms with Crippen LogP contribution in [0, 0.1) is 5.75 Å². The minimum atomic E-state index is -4.17. The van der Waals surface area contributed by atoms with Crippen molar-refractivity contribution in [3.8, 4) is 0 Å². The first-order chi connectivity index (χ1) is 9.32. The average Bonchev–Trinajstić information content (AvgIpc) is 2.28. The maximum Gasteiger partial charge on any atom is 0.273 e. The second-order valence-electron chi connectivity index (χ2n) is 3.58. The van der Waals surface area contributed by atoms with Crippen molar-refractivity contribution in [2.75, 3.05) is 5.32 Å². The lowest BCUT2D eigenvalue weighted by Gasteiger charge is -2.05. The fraction of sp³-hybridized carbons (Fsp3) is 0. The molecule has 1 aromatic carbocycles. The molecule has 0 aliphatic carbocycles. The van der Waals surface area contributed by atoms with E-state index in [9.17, 15) is 8.42 Å². The molecule has 0 aliphatic heterocycles. The van der Waals surface area contributed by atoms with E-state index in [1.165, 1.54) is 12.1 Å². The Morgan fingerprint density at radius 1 is 1.05 bits per heavy atom. The minimum absolute atomic E-state index is 0.0520. The van der Waals surface area contributed by atoms with E-state index in [1.54, 1.807) is 12.1 Å². The third-order valence-corrected chi connectivity index (χ3v) is 2.94. The summed E-state index contributed by atoms with van der Waals surface area (Å²) >= 11 is 11.3. The van der Waals surface area contributed by atoms with Gasteiger partial charge in [0.05, 0.1) is 0 Å². The van der Waals surface area contributed by atoms with Crippen molar-refractivity contribution >= 4 is 45.0 Å². The Morgan fingerprint density at radius 2 is 1.60 bits per heavy atom. The van der Waals surface area contributed by atoms with Gasteiger partial charge in [0.1, 0.15) is 5.75 Å². The molecule has 105 valence electrons. The van der Waals surface area contributed by atoms with E-state index >= 15 is 0 Å². The van der Waals surface area contributed by atoms with E-state index < -0.39 is 10.1 Å². The fourth-order valence-corrected chi connectivity index (χ4v) is 2.19. The molecule has 0 fully saturated rings. The van der Waals surface area contributed by atoms with Crippen molar-refractivity contribution in [2.24, 2.45) is 0 Å². The third-order valence-electron chi connectivity index (χ3n) is 2.03. The van der Waals surface area contributed by atoms with Crippen molar-refractivity contribution in [3.05, 3.63) is 46.1 Å². The number of aromatic nitrogens is 3. The third kappa shape index (κ3) is 4.57. The van der Waals surface area contributed by atoms with Crippen molar-refractivity contribution < 1.29 is 13.0 Å². The number of anilines is 2. The summed E-state index contributed by atoms with van der Waals surface area (Å²) in [5.74, 6) is 0.884. The molecular formula is C10H7Cl2N4O3S. The molecule has 1 radical (unpaired) electrons. The van der Waals surface area contributed by atoms with Crippen LogP contribution in [0.3, 0.4) is 0 Å². The first-order valence-electron chi connectivity index (χ1n) is 5.08. The lowest BCUT2D eigenvalue weighted by Crippen LogP contribution is -2.01. The molecule has 10 heteroatoms. The second-order valence-corrected chi connectivity index (χ2v) is 5.52. The largest absolute Gasteiger partial charge is 0.324 e. The molecule has 0 spiro atoms. The van der Waals surface area contributed by atoms with Gasteiger partial charge < -0.3 is 5.32 Å². The van der Waals surface area contributed by atoms with Gasteiger partial charge in [0.25, 0.3) is 10.1 Å². The van der Waals surface area contributed by atoms with Crippen LogP contribution in [0.1, 0.15) is 5.56 Å². The molecule has 0 amide bonds. The smallest absolute Gasteiger partial charge is 0.273 e. The van der Waals surface area contributed by atoms with Crippen LogP contribution in [0.2, 0.25) is 10.6 Å². The van der Waals surface area contributed by atoms with Crippen LogP contribution in [-0.4, -0.2) is 27.9 Å². The highest BCUT2D eigenvalue weighted by atomic mass is 35.5. The van der Waals surface area contributed by atoms with E-state index in [1.807, 2.05) is 0 Å². The van der Waals surface area contributed by atoms with Gasteiger partial charge in [-0.25, -0.2) is 0 Å². The summed E-state index contributed by atoms with van der Waals surface area (Å²) in [6.07, 6.45) is 0. The number of rotatable bonds is 4. The molecule has 0 unspecified atom stereocenters. The zero-order chi connectivity index (χ0) is 14.8. The lowest BCUT2D eigenvalue weighted by atomic mass is 10.2. The number of benzene rings is 1. The Hall–Kier alpha value is -1.48. The van der Waals surface area contributed by atoms with E-state index in [0.29, 0.717) is 11.3 Å². The summed E-state index contributed by atoms with van der Waals surface area (Å²) in [4.78, 5) is 11.2. The fourth-order valence-electron chi connectivity index (χ4n) is 1.33. The molecule has 7 nitrogen and oxygen atoms in total. The summed E-state index contributed by atoms with van der Waals surface area (Å²) < 4.78 is 30.0. The van der Waals surface area contributed by atoms with E-state index in [-0.39, 0.29) is 16.5 Å². The van der Waals surface area contributed by atoms with Crippen LogP contribution in [0.4, 0.5) is 11.6 Å². The molecular weight excluding hydrogens is 327 g/mol. The maximum atomic E-state index is 10.7. The van der Waals surface area contributed by atoms with Crippen LogP contribution in [-0.2, 0) is 10.1 Å². The Morgan fingerprint density at radius 3 is 2.10 bits per heavy atom. The number of hydrogen-bond acceptors (Lipinski definition) is 6. The molecule has 0 saturated carbocycles. The summed E-state index contributed by atoms with van der Waals surface area (Å²) in [5.41, 5.74) is 0.903. The van der Waals surface area contributed by atoms with E-state index in [2.05, 4.69) is 20.3 Å². The van der Waals surface area contributed by atoms with Crippen molar-refractivity contribution in [2.45, 2.75) is 0 Å². The molecule has 2 rings (SSSR count). The Bertz CT molecular complexity index is 702. The molecule has 2 N–H and O–H groups in total. The predicted octanol–water partition coefficient (Wildman–Crippen LogP) is 2.32. The zero-order valence-corrected chi connectivity index (χ0v) is 12.0.